The molecule has 19 heavy (non-hydrogen) atoms. The summed E-state index contributed by atoms with van der Waals surface area (Å²) in [7, 11) is 2.93. The van der Waals surface area contributed by atoms with Gasteiger partial charge < -0.3 is 14.6 Å². The van der Waals surface area contributed by atoms with Gasteiger partial charge in [-0.2, -0.15) is 5.26 Å². The average molecular weight is 257 g/mol. The zero-order chi connectivity index (χ0) is 14.0. The minimum atomic E-state index is -0.508. The Balaban J connectivity index is 2.81. The molecule has 0 aromatic heterocycles. The third-order valence-electron chi connectivity index (χ3n) is 2.82. The van der Waals surface area contributed by atoms with Crippen molar-refractivity contribution in [3.63, 3.8) is 0 Å². The molecule has 96 valence electrons. The molecule has 5 heteroatoms. The second-order valence-corrected chi connectivity index (χ2v) is 3.81. The summed E-state index contributed by atoms with van der Waals surface area (Å²) in [5.41, 5.74) is 1.13. The van der Waals surface area contributed by atoms with Crippen LogP contribution in [-0.2, 0) is 0 Å². The van der Waals surface area contributed by atoms with E-state index in [1.54, 1.807) is 6.07 Å². The summed E-state index contributed by atoms with van der Waals surface area (Å²) in [6.45, 7) is 0. The molecule has 1 aromatic rings. The predicted molar refractivity (Wildman–Crippen MR) is 68.2 cm³/mol. The standard InChI is InChI=1S/C14H11NO4/c1-18-11-4-3-9-12(14(11)19-2)8(5-6-15)7-10(16)13(9)17/h3-5,7,16H,1-2H3/b8-5-. The lowest BCUT2D eigenvalue weighted by Gasteiger charge is -2.19. The maximum Gasteiger partial charge on any atom is 0.228 e. The highest BCUT2D eigenvalue weighted by molar-refractivity contribution is 6.15. The Bertz CT molecular complexity index is 650. The highest BCUT2D eigenvalue weighted by Gasteiger charge is 2.28. The number of nitrogens with zero attached hydrogens (tertiary/aromatic N) is 1. The molecule has 1 aromatic carbocycles. The fourth-order valence-corrected chi connectivity index (χ4v) is 2.01. The normalized spacial score (nSPS) is 15.5. The number of allylic oxidation sites excluding steroid dienone is 4. The second-order valence-electron chi connectivity index (χ2n) is 3.81. The van der Waals surface area contributed by atoms with Gasteiger partial charge in [-0.25, -0.2) is 0 Å². The molecule has 0 spiro atoms. The molecule has 0 radical (unpaired) electrons. The molecule has 0 saturated heterocycles. The van der Waals surface area contributed by atoms with Crippen molar-refractivity contribution in [1.82, 2.24) is 0 Å². The molecule has 0 atom stereocenters. The largest absolute Gasteiger partial charge is 0.504 e. The summed E-state index contributed by atoms with van der Waals surface area (Å²) >= 11 is 0. The Morgan fingerprint density at radius 1 is 1.32 bits per heavy atom. The number of nitriles is 1. The molecule has 0 saturated carbocycles. The summed E-state index contributed by atoms with van der Waals surface area (Å²) in [6.07, 6.45) is 2.49. The molecule has 2 rings (SSSR count). The number of fused-ring (bicyclic) bond motifs is 1. The molecule has 0 heterocycles. The molecule has 0 unspecified atom stereocenters. The van der Waals surface area contributed by atoms with E-state index in [4.69, 9.17) is 14.7 Å². The van der Waals surface area contributed by atoms with Gasteiger partial charge in [0.25, 0.3) is 0 Å². The third-order valence-corrected chi connectivity index (χ3v) is 2.82. The first-order valence-corrected chi connectivity index (χ1v) is 5.44. The van der Waals surface area contributed by atoms with Gasteiger partial charge in [-0.05, 0) is 18.2 Å². The summed E-state index contributed by atoms with van der Waals surface area (Å²) in [6, 6.07) is 4.99. The number of Topliss-reactive ketones (excluding diaryl/α,β-unsaturated/α-hetero) is 1. The van der Waals surface area contributed by atoms with E-state index in [0.29, 0.717) is 22.6 Å². The Kier molecular flexibility index (Phi) is 3.25. The predicted octanol–water partition coefficient (Wildman–Crippen LogP) is 2.25. The smallest absolute Gasteiger partial charge is 0.228 e. The van der Waals surface area contributed by atoms with Crippen LogP contribution in [0.15, 0.2) is 30.0 Å². The topological polar surface area (TPSA) is 79.6 Å². The fraction of sp³-hybridized carbons (Fsp3) is 0.143. The van der Waals surface area contributed by atoms with E-state index in [1.807, 2.05) is 6.07 Å². The van der Waals surface area contributed by atoms with E-state index in [2.05, 4.69) is 0 Å². The van der Waals surface area contributed by atoms with Crippen LogP contribution >= 0.6 is 0 Å². The number of aliphatic hydroxyl groups is 1. The number of hydrogen-bond acceptors (Lipinski definition) is 5. The molecule has 1 N–H and O–H groups in total. The highest BCUT2D eigenvalue weighted by Crippen LogP contribution is 2.41. The monoisotopic (exact) mass is 257 g/mol. The van der Waals surface area contributed by atoms with Crippen molar-refractivity contribution in [1.29, 1.82) is 5.26 Å². The van der Waals surface area contributed by atoms with Gasteiger partial charge >= 0.3 is 0 Å². The first kappa shape index (κ1) is 12.7. The van der Waals surface area contributed by atoms with Crippen molar-refractivity contribution in [2.45, 2.75) is 0 Å². The van der Waals surface area contributed by atoms with Gasteiger partial charge in [0.2, 0.25) is 5.78 Å². The van der Waals surface area contributed by atoms with Crippen LogP contribution in [0.25, 0.3) is 5.57 Å². The van der Waals surface area contributed by atoms with Gasteiger partial charge in [-0.1, -0.05) is 0 Å². The quantitative estimate of drug-likeness (QED) is 0.822. The average Bonchev–Trinajstić information content (AvgIpc) is 2.43. The summed E-state index contributed by atoms with van der Waals surface area (Å²) in [5, 5.41) is 18.4. The number of aliphatic hydroxyl groups excluding tert-OH is 1. The minimum absolute atomic E-state index is 0.277. The first-order chi connectivity index (χ1) is 9.13. The number of carbonyl (C=O) groups excluding carboxylic acids is 1. The number of ketones is 1. The van der Waals surface area contributed by atoms with Crippen LogP contribution in [0.2, 0.25) is 0 Å². The van der Waals surface area contributed by atoms with Crippen molar-refractivity contribution >= 4 is 11.4 Å². The van der Waals surface area contributed by atoms with Gasteiger partial charge in [0.1, 0.15) is 0 Å². The first-order valence-electron chi connectivity index (χ1n) is 5.44. The van der Waals surface area contributed by atoms with Crippen molar-refractivity contribution in [2.24, 2.45) is 0 Å². The van der Waals surface area contributed by atoms with Crippen LogP contribution < -0.4 is 9.47 Å². The highest BCUT2D eigenvalue weighted by atomic mass is 16.5. The lowest BCUT2D eigenvalue weighted by atomic mass is 9.89. The van der Waals surface area contributed by atoms with Crippen LogP contribution in [0.4, 0.5) is 0 Å². The molecular weight excluding hydrogens is 246 g/mol. The summed E-state index contributed by atoms with van der Waals surface area (Å²) in [5.74, 6) is -0.0986. The van der Waals surface area contributed by atoms with E-state index in [1.165, 1.54) is 32.4 Å². The Morgan fingerprint density at radius 3 is 2.63 bits per heavy atom. The molecule has 0 fully saturated rings. The maximum absolute atomic E-state index is 11.9. The van der Waals surface area contributed by atoms with Gasteiger partial charge in [0.05, 0.1) is 20.3 Å². The number of methoxy groups -OCH3 is 2. The van der Waals surface area contributed by atoms with Crippen molar-refractivity contribution < 1.29 is 19.4 Å². The Morgan fingerprint density at radius 2 is 2.05 bits per heavy atom. The summed E-state index contributed by atoms with van der Waals surface area (Å²) in [4.78, 5) is 11.9. The van der Waals surface area contributed by atoms with Crippen molar-refractivity contribution in [3.8, 4) is 17.6 Å². The van der Waals surface area contributed by atoms with E-state index in [0.717, 1.165) is 0 Å². The van der Waals surface area contributed by atoms with Crippen LogP contribution in [0.3, 0.4) is 0 Å². The number of hydrogen-bond donors (Lipinski definition) is 1. The fourth-order valence-electron chi connectivity index (χ4n) is 2.01. The Hall–Kier alpha value is -2.74. The number of benzene rings is 1. The lowest BCUT2D eigenvalue weighted by Crippen LogP contribution is -2.13. The van der Waals surface area contributed by atoms with Gasteiger partial charge in [-0.15, -0.1) is 0 Å². The second kappa shape index (κ2) is 4.86. The molecule has 0 amide bonds. The lowest BCUT2D eigenvalue weighted by molar-refractivity contribution is 0.0975. The molecule has 0 aliphatic heterocycles. The SMILES string of the molecule is COc1ccc2c(c1OC)/C(=C\C#N)C=C(O)C2=O. The summed E-state index contributed by atoms with van der Waals surface area (Å²) < 4.78 is 10.4. The minimum Gasteiger partial charge on any atom is -0.504 e. The van der Waals surface area contributed by atoms with Crippen LogP contribution in [-0.4, -0.2) is 25.1 Å². The Labute approximate surface area is 110 Å². The number of rotatable bonds is 2. The van der Waals surface area contributed by atoms with Gasteiger partial charge in [0, 0.05) is 22.8 Å². The van der Waals surface area contributed by atoms with Gasteiger partial charge in [-0.3, -0.25) is 4.79 Å². The van der Waals surface area contributed by atoms with Crippen molar-refractivity contribution in [2.75, 3.05) is 14.2 Å². The van der Waals surface area contributed by atoms with Gasteiger partial charge in [0.15, 0.2) is 17.3 Å². The van der Waals surface area contributed by atoms with E-state index in [9.17, 15) is 9.90 Å². The molecule has 1 aliphatic rings. The maximum atomic E-state index is 11.9. The molecule has 0 bridgehead atoms. The molecule has 1 aliphatic carbocycles. The molecule has 5 nitrogen and oxygen atoms in total. The van der Waals surface area contributed by atoms with Crippen molar-refractivity contribution in [3.05, 3.63) is 41.2 Å². The van der Waals surface area contributed by atoms with E-state index >= 15 is 0 Å². The van der Waals surface area contributed by atoms with Crippen LogP contribution in [0.5, 0.6) is 11.5 Å². The van der Waals surface area contributed by atoms with Crippen LogP contribution in [0, 0.1) is 11.3 Å². The number of carbonyl (C=O) groups is 1. The van der Waals surface area contributed by atoms with E-state index < -0.39 is 11.5 Å². The number of ether oxygens (including phenoxy) is 2. The third kappa shape index (κ3) is 1.93. The zero-order valence-corrected chi connectivity index (χ0v) is 10.4. The van der Waals surface area contributed by atoms with Crippen LogP contribution in [0.1, 0.15) is 15.9 Å². The molecular formula is C14H11NO4. The van der Waals surface area contributed by atoms with E-state index in [-0.39, 0.29) is 5.56 Å². The zero-order valence-electron chi connectivity index (χ0n) is 10.4.